The lowest BCUT2D eigenvalue weighted by atomic mass is 10.0. The van der Waals surface area contributed by atoms with Crippen molar-refractivity contribution >= 4 is 23.7 Å². The molecule has 0 aromatic carbocycles. The second-order valence-electron chi connectivity index (χ2n) is 6.93. The third-order valence-electron chi connectivity index (χ3n) is 4.67. The normalized spacial score (nSPS) is 15.6. The van der Waals surface area contributed by atoms with Crippen LogP contribution < -0.4 is 0 Å². The highest BCUT2D eigenvalue weighted by Gasteiger charge is 2.27. The van der Waals surface area contributed by atoms with E-state index in [1.54, 1.807) is 0 Å². The Labute approximate surface area is 168 Å². The smallest absolute Gasteiger partial charge is 0.345 e. The lowest BCUT2D eigenvalue weighted by Crippen LogP contribution is -2.29. The molecule has 0 saturated heterocycles. The van der Waals surface area contributed by atoms with Crippen LogP contribution in [0.25, 0.3) is 0 Å². The number of ether oxygens (including phenoxy) is 2. The molecular formula is C20H38O6S. The summed E-state index contributed by atoms with van der Waals surface area (Å²) in [6.07, 6.45) is 8.00. The van der Waals surface area contributed by atoms with E-state index < -0.39 is 22.8 Å². The third kappa shape index (κ3) is 12.3. The summed E-state index contributed by atoms with van der Waals surface area (Å²) in [6.45, 7) is 8.75. The Morgan fingerprint density at radius 2 is 1.15 bits per heavy atom. The highest BCUT2D eigenvalue weighted by Crippen LogP contribution is 2.20. The van der Waals surface area contributed by atoms with Crippen LogP contribution in [0.1, 0.15) is 79.1 Å². The number of hydrogen-bond acceptors (Lipinski definition) is 7. The quantitative estimate of drug-likeness (QED) is 0.297. The minimum Gasteiger partial charge on any atom is -0.463 e. The lowest BCUT2D eigenvalue weighted by Gasteiger charge is -2.18. The average molecular weight is 407 g/mol. The largest absolute Gasteiger partial charge is 0.463 e. The van der Waals surface area contributed by atoms with Crippen LogP contribution in [-0.4, -0.2) is 46.2 Å². The Kier molecular flexibility index (Phi) is 15.7. The van der Waals surface area contributed by atoms with Crippen molar-refractivity contribution in [3.63, 3.8) is 0 Å². The molecule has 0 aliphatic heterocycles. The fraction of sp³-hybridized carbons (Fsp3) is 0.900. The molecule has 4 unspecified atom stereocenters. The highest BCUT2D eigenvalue weighted by atomic mass is 32.2. The predicted molar refractivity (Wildman–Crippen MR) is 108 cm³/mol. The fourth-order valence-corrected chi connectivity index (χ4v) is 3.17. The summed E-state index contributed by atoms with van der Waals surface area (Å²) in [4.78, 5) is 23.7. The molecule has 0 spiro atoms. The average Bonchev–Trinajstić information content (AvgIpc) is 2.67. The van der Waals surface area contributed by atoms with Gasteiger partial charge in [0.2, 0.25) is 10.9 Å². The van der Waals surface area contributed by atoms with Crippen LogP contribution in [0.3, 0.4) is 0 Å². The van der Waals surface area contributed by atoms with E-state index in [0.29, 0.717) is 11.8 Å². The zero-order chi connectivity index (χ0) is 20.7. The SMILES string of the molecule is CCCCC(CC)COC(=O)C(O)SC(O)C(=O)OCC(CC)CCCC. The molecule has 0 bridgehead atoms. The maximum Gasteiger partial charge on any atom is 0.345 e. The molecular weight excluding hydrogens is 368 g/mol. The summed E-state index contributed by atoms with van der Waals surface area (Å²) < 4.78 is 10.2. The second-order valence-corrected chi connectivity index (χ2v) is 8.10. The first-order chi connectivity index (χ1) is 12.9. The molecule has 0 rings (SSSR count). The number of rotatable bonds is 16. The number of esters is 2. The van der Waals surface area contributed by atoms with Gasteiger partial charge in [-0.15, -0.1) is 0 Å². The van der Waals surface area contributed by atoms with Crippen molar-refractivity contribution in [3.8, 4) is 0 Å². The van der Waals surface area contributed by atoms with Crippen LogP contribution in [0.2, 0.25) is 0 Å². The number of aliphatic hydroxyl groups excluding tert-OH is 2. The molecule has 0 heterocycles. The van der Waals surface area contributed by atoms with E-state index in [1.165, 1.54) is 0 Å². The second kappa shape index (κ2) is 16.2. The zero-order valence-corrected chi connectivity index (χ0v) is 18.1. The van der Waals surface area contributed by atoms with Gasteiger partial charge >= 0.3 is 11.9 Å². The molecule has 27 heavy (non-hydrogen) atoms. The summed E-state index contributed by atoms with van der Waals surface area (Å²) in [5, 5.41) is 19.7. The van der Waals surface area contributed by atoms with Crippen LogP contribution >= 0.6 is 11.8 Å². The van der Waals surface area contributed by atoms with Crippen molar-refractivity contribution in [1.82, 2.24) is 0 Å². The van der Waals surface area contributed by atoms with Crippen LogP contribution in [0, 0.1) is 11.8 Å². The van der Waals surface area contributed by atoms with Crippen molar-refractivity contribution in [1.29, 1.82) is 0 Å². The standard InChI is InChI=1S/C20H38O6S/c1-5-9-11-15(7-3)13-25-17(21)19(23)27-20(24)18(22)26-14-16(8-4)12-10-6-2/h15-16,19-20,23-24H,5-14H2,1-4H3. The van der Waals surface area contributed by atoms with Gasteiger partial charge in [0.1, 0.15) is 0 Å². The van der Waals surface area contributed by atoms with E-state index in [0.717, 1.165) is 51.4 Å². The van der Waals surface area contributed by atoms with Gasteiger partial charge in [0.15, 0.2) is 0 Å². The van der Waals surface area contributed by atoms with Gasteiger partial charge < -0.3 is 19.7 Å². The molecule has 0 amide bonds. The summed E-state index contributed by atoms with van der Waals surface area (Å²) in [5.41, 5.74) is -3.23. The van der Waals surface area contributed by atoms with Crippen molar-refractivity contribution in [2.24, 2.45) is 11.8 Å². The molecule has 0 fully saturated rings. The summed E-state index contributed by atoms with van der Waals surface area (Å²) in [5.74, 6) is -1.16. The molecule has 160 valence electrons. The fourth-order valence-electron chi connectivity index (χ4n) is 2.57. The Morgan fingerprint density at radius 3 is 1.44 bits per heavy atom. The number of carbonyl (C=O) groups excluding carboxylic acids is 2. The summed E-state index contributed by atoms with van der Waals surface area (Å²) in [7, 11) is 0. The maximum absolute atomic E-state index is 11.9. The zero-order valence-electron chi connectivity index (χ0n) is 17.3. The Hall–Kier alpha value is -0.790. The molecule has 0 radical (unpaired) electrons. The third-order valence-corrected chi connectivity index (χ3v) is 5.57. The van der Waals surface area contributed by atoms with Crippen molar-refractivity contribution in [2.45, 2.75) is 89.9 Å². The van der Waals surface area contributed by atoms with E-state index in [2.05, 4.69) is 13.8 Å². The van der Waals surface area contributed by atoms with Crippen LogP contribution in [-0.2, 0) is 19.1 Å². The number of carbonyl (C=O) groups is 2. The van der Waals surface area contributed by atoms with E-state index in [1.807, 2.05) is 13.8 Å². The topological polar surface area (TPSA) is 93.1 Å². The molecule has 0 aliphatic carbocycles. The number of unbranched alkanes of at least 4 members (excludes halogenated alkanes) is 2. The van der Waals surface area contributed by atoms with Gasteiger partial charge in [-0.25, -0.2) is 9.59 Å². The first-order valence-electron chi connectivity index (χ1n) is 10.2. The maximum atomic E-state index is 11.9. The summed E-state index contributed by atoms with van der Waals surface area (Å²) >= 11 is 0.432. The van der Waals surface area contributed by atoms with Gasteiger partial charge in [0.05, 0.1) is 13.2 Å². The Morgan fingerprint density at radius 1 is 0.778 bits per heavy atom. The van der Waals surface area contributed by atoms with Crippen molar-refractivity contribution in [3.05, 3.63) is 0 Å². The van der Waals surface area contributed by atoms with Gasteiger partial charge in [0, 0.05) is 0 Å². The molecule has 4 atom stereocenters. The summed E-state index contributed by atoms with van der Waals surface area (Å²) in [6, 6.07) is 0. The molecule has 2 N–H and O–H groups in total. The first-order valence-corrected chi connectivity index (χ1v) is 11.2. The molecule has 6 nitrogen and oxygen atoms in total. The molecule has 7 heteroatoms. The molecule has 0 saturated carbocycles. The van der Waals surface area contributed by atoms with Crippen LogP contribution in [0.4, 0.5) is 0 Å². The number of hydrogen-bond donors (Lipinski definition) is 2. The lowest BCUT2D eigenvalue weighted by molar-refractivity contribution is -0.151. The van der Waals surface area contributed by atoms with Gasteiger partial charge in [-0.1, -0.05) is 78.0 Å². The minimum absolute atomic E-state index is 0.239. The van der Waals surface area contributed by atoms with Gasteiger partial charge in [0.25, 0.3) is 0 Å². The van der Waals surface area contributed by atoms with Crippen LogP contribution in [0.15, 0.2) is 0 Å². The van der Waals surface area contributed by atoms with E-state index >= 15 is 0 Å². The van der Waals surface area contributed by atoms with Gasteiger partial charge in [-0.05, 0) is 24.7 Å². The van der Waals surface area contributed by atoms with Gasteiger partial charge in [-0.2, -0.15) is 0 Å². The van der Waals surface area contributed by atoms with E-state index in [-0.39, 0.29) is 25.0 Å². The highest BCUT2D eigenvalue weighted by molar-refractivity contribution is 8.01. The molecule has 0 aromatic rings. The monoisotopic (exact) mass is 406 g/mol. The Bertz CT molecular complexity index is 368. The van der Waals surface area contributed by atoms with Crippen LogP contribution in [0.5, 0.6) is 0 Å². The Balaban J connectivity index is 4.23. The van der Waals surface area contributed by atoms with Crippen molar-refractivity contribution < 1.29 is 29.3 Å². The predicted octanol–water partition coefficient (Wildman–Crippen LogP) is 3.88. The van der Waals surface area contributed by atoms with Crippen molar-refractivity contribution in [2.75, 3.05) is 13.2 Å². The number of aliphatic hydroxyl groups is 2. The first kappa shape index (κ1) is 26.2. The van der Waals surface area contributed by atoms with E-state index in [4.69, 9.17) is 9.47 Å². The van der Waals surface area contributed by atoms with E-state index in [9.17, 15) is 19.8 Å². The number of thioether (sulfide) groups is 1. The molecule has 0 aliphatic rings. The minimum atomic E-state index is -1.61. The van der Waals surface area contributed by atoms with Gasteiger partial charge in [-0.3, -0.25) is 0 Å². The molecule has 0 aromatic heterocycles.